The maximum Gasteiger partial charge on any atom is 0.244 e. The zero-order valence-electron chi connectivity index (χ0n) is 11.5. The normalized spacial score (nSPS) is 27.9. The predicted octanol–water partition coefficient (Wildman–Crippen LogP) is 3.66. The Labute approximate surface area is 124 Å². The van der Waals surface area contributed by atoms with Crippen LogP contribution in [0.5, 0.6) is 0 Å². The molecule has 0 radical (unpaired) electrons. The number of amides is 1. The lowest BCUT2D eigenvalue weighted by atomic mass is 9.86. The molecule has 0 bridgehead atoms. The summed E-state index contributed by atoms with van der Waals surface area (Å²) in [5, 5.41) is 0. The molecule has 1 aliphatic rings. The number of rotatable bonds is 3. The molecule has 1 heterocycles. The maximum absolute atomic E-state index is 12.4. The van der Waals surface area contributed by atoms with Crippen LogP contribution >= 0.6 is 23.2 Å². The van der Waals surface area contributed by atoms with Gasteiger partial charge in [-0.3, -0.25) is 4.79 Å². The summed E-state index contributed by atoms with van der Waals surface area (Å²) in [4.78, 5) is 12.8. The summed E-state index contributed by atoms with van der Waals surface area (Å²) in [6, 6.07) is 9.93. The van der Waals surface area contributed by atoms with E-state index in [4.69, 9.17) is 23.2 Å². The third-order valence-electron chi connectivity index (χ3n) is 3.81. The number of halogens is 2. The lowest BCUT2D eigenvalue weighted by molar-refractivity contribution is -0.130. The highest BCUT2D eigenvalue weighted by atomic mass is 35.5. The highest BCUT2D eigenvalue weighted by molar-refractivity contribution is 6.36. The molecule has 0 aromatic heterocycles. The minimum atomic E-state index is -0.917. The molecule has 0 N–H and O–H groups in total. The van der Waals surface area contributed by atoms with Gasteiger partial charge in [0.05, 0.1) is 0 Å². The first-order valence-corrected chi connectivity index (χ1v) is 7.19. The van der Waals surface area contributed by atoms with Crippen LogP contribution in [0.1, 0.15) is 26.3 Å². The zero-order chi connectivity index (χ0) is 14.3. The van der Waals surface area contributed by atoms with E-state index in [0.29, 0.717) is 13.1 Å². The fourth-order valence-corrected chi connectivity index (χ4v) is 3.54. The standard InChI is InChI=1S/C15H19Cl2NO/c1-14(2,16)12-10-18(13(19)15(12,3)17)9-11-7-5-4-6-8-11/h4-8,12H,9-10H2,1-3H3/t12-,15+/m0/s1. The largest absolute Gasteiger partial charge is 0.336 e. The van der Waals surface area contributed by atoms with E-state index in [-0.39, 0.29) is 11.8 Å². The van der Waals surface area contributed by atoms with Gasteiger partial charge in [-0.25, -0.2) is 0 Å². The SMILES string of the molecule is CC(C)(Cl)[C@@H]1CN(Cc2ccccc2)C(=O)[C@]1(C)Cl. The van der Waals surface area contributed by atoms with Crippen LogP contribution in [0.3, 0.4) is 0 Å². The maximum atomic E-state index is 12.4. The molecule has 19 heavy (non-hydrogen) atoms. The fraction of sp³-hybridized carbons (Fsp3) is 0.533. The number of likely N-dealkylation sites (tertiary alicyclic amines) is 1. The third kappa shape index (κ3) is 2.90. The van der Waals surface area contributed by atoms with Gasteiger partial charge in [0.2, 0.25) is 5.91 Å². The second kappa shape index (κ2) is 4.99. The molecule has 104 valence electrons. The van der Waals surface area contributed by atoms with Crippen LogP contribution in [-0.2, 0) is 11.3 Å². The van der Waals surface area contributed by atoms with Gasteiger partial charge in [-0.15, -0.1) is 23.2 Å². The van der Waals surface area contributed by atoms with Gasteiger partial charge in [0, 0.05) is 23.9 Å². The summed E-state index contributed by atoms with van der Waals surface area (Å²) in [7, 11) is 0. The molecule has 0 spiro atoms. The molecule has 2 nitrogen and oxygen atoms in total. The number of carbonyl (C=O) groups is 1. The Morgan fingerprint density at radius 2 is 1.95 bits per heavy atom. The van der Waals surface area contributed by atoms with Gasteiger partial charge >= 0.3 is 0 Å². The molecular formula is C15H19Cl2NO. The van der Waals surface area contributed by atoms with Crippen LogP contribution in [0.25, 0.3) is 0 Å². The van der Waals surface area contributed by atoms with Crippen molar-refractivity contribution in [3.63, 3.8) is 0 Å². The second-order valence-electron chi connectivity index (χ2n) is 5.86. The predicted molar refractivity (Wildman–Crippen MR) is 79.5 cm³/mol. The number of alkyl halides is 2. The lowest BCUT2D eigenvalue weighted by Crippen LogP contribution is -2.41. The molecule has 4 heteroatoms. The van der Waals surface area contributed by atoms with Crippen molar-refractivity contribution in [2.75, 3.05) is 6.54 Å². The molecule has 1 saturated heterocycles. The number of carbonyl (C=O) groups excluding carboxylic acids is 1. The molecule has 1 aromatic carbocycles. The molecule has 0 aliphatic carbocycles. The van der Waals surface area contributed by atoms with Gasteiger partial charge < -0.3 is 4.90 Å². The van der Waals surface area contributed by atoms with E-state index in [1.54, 1.807) is 11.8 Å². The van der Waals surface area contributed by atoms with Crippen molar-refractivity contribution in [2.45, 2.75) is 37.1 Å². The van der Waals surface area contributed by atoms with E-state index in [1.165, 1.54) is 0 Å². The molecule has 1 fully saturated rings. The van der Waals surface area contributed by atoms with Crippen LogP contribution in [0.2, 0.25) is 0 Å². The van der Waals surface area contributed by atoms with E-state index in [9.17, 15) is 4.79 Å². The monoisotopic (exact) mass is 299 g/mol. The molecule has 1 aromatic rings. The number of benzene rings is 1. The lowest BCUT2D eigenvalue weighted by Gasteiger charge is -2.30. The Balaban J connectivity index is 2.19. The smallest absolute Gasteiger partial charge is 0.244 e. The number of nitrogens with zero attached hydrogens (tertiary/aromatic N) is 1. The average Bonchev–Trinajstić information content (AvgIpc) is 2.54. The van der Waals surface area contributed by atoms with Crippen molar-refractivity contribution in [3.05, 3.63) is 35.9 Å². The van der Waals surface area contributed by atoms with Crippen molar-refractivity contribution in [1.29, 1.82) is 0 Å². The summed E-state index contributed by atoms with van der Waals surface area (Å²) in [6.07, 6.45) is 0. The quantitative estimate of drug-likeness (QED) is 0.780. The van der Waals surface area contributed by atoms with Crippen LogP contribution in [0.4, 0.5) is 0 Å². The van der Waals surface area contributed by atoms with Crippen LogP contribution in [-0.4, -0.2) is 27.1 Å². The average molecular weight is 300 g/mol. The summed E-state index contributed by atoms with van der Waals surface area (Å²) in [5.41, 5.74) is 1.11. The van der Waals surface area contributed by atoms with Gasteiger partial charge in [0.1, 0.15) is 4.87 Å². The van der Waals surface area contributed by atoms with E-state index in [2.05, 4.69) is 0 Å². The van der Waals surface area contributed by atoms with Gasteiger partial charge in [-0.05, 0) is 26.3 Å². The highest BCUT2D eigenvalue weighted by Gasteiger charge is 2.54. The summed E-state index contributed by atoms with van der Waals surface area (Å²) >= 11 is 12.8. The minimum Gasteiger partial charge on any atom is -0.336 e. The highest BCUT2D eigenvalue weighted by Crippen LogP contribution is 2.44. The van der Waals surface area contributed by atoms with Gasteiger partial charge in [0.25, 0.3) is 0 Å². The van der Waals surface area contributed by atoms with Crippen molar-refractivity contribution >= 4 is 29.1 Å². The topological polar surface area (TPSA) is 20.3 Å². The van der Waals surface area contributed by atoms with E-state index in [0.717, 1.165) is 5.56 Å². The minimum absolute atomic E-state index is 0.0308. The summed E-state index contributed by atoms with van der Waals surface area (Å²) in [5.74, 6) is -0.101. The van der Waals surface area contributed by atoms with Crippen molar-refractivity contribution in [3.8, 4) is 0 Å². The Hall–Kier alpha value is -0.730. The molecule has 2 rings (SSSR count). The molecule has 1 amide bonds. The Kier molecular flexibility index (Phi) is 3.85. The van der Waals surface area contributed by atoms with Crippen molar-refractivity contribution < 1.29 is 4.79 Å². The van der Waals surface area contributed by atoms with Crippen LogP contribution in [0.15, 0.2) is 30.3 Å². The Morgan fingerprint density at radius 3 is 2.42 bits per heavy atom. The van der Waals surface area contributed by atoms with Crippen molar-refractivity contribution in [2.24, 2.45) is 5.92 Å². The Bertz CT molecular complexity index is 465. The summed E-state index contributed by atoms with van der Waals surface area (Å²) in [6.45, 7) is 6.80. The molecular weight excluding hydrogens is 281 g/mol. The molecule has 2 atom stereocenters. The van der Waals surface area contributed by atoms with E-state index < -0.39 is 9.75 Å². The van der Waals surface area contributed by atoms with Gasteiger partial charge in [-0.1, -0.05) is 30.3 Å². The van der Waals surface area contributed by atoms with E-state index >= 15 is 0 Å². The van der Waals surface area contributed by atoms with E-state index in [1.807, 2.05) is 44.2 Å². The van der Waals surface area contributed by atoms with Crippen molar-refractivity contribution in [1.82, 2.24) is 4.90 Å². The van der Waals surface area contributed by atoms with Crippen LogP contribution in [0, 0.1) is 5.92 Å². The Morgan fingerprint density at radius 1 is 1.37 bits per heavy atom. The number of hydrogen-bond acceptors (Lipinski definition) is 1. The first-order valence-electron chi connectivity index (χ1n) is 6.44. The second-order valence-corrected chi connectivity index (χ2v) is 7.62. The first-order chi connectivity index (χ1) is 8.73. The number of hydrogen-bond donors (Lipinski definition) is 0. The molecule has 0 saturated carbocycles. The summed E-state index contributed by atoms with van der Waals surface area (Å²) < 4.78 is 0. The zero-order valence-corrected chi connectivity index (χ0v) is 13.0. The fourth-order valence-electron chi connectivity index (χ4n) is 2.73. The van der Waals surface area contributed by atoms with Crippen LogP contribution < -0.4 is 0 Å². The first kappa shape index (κ1) is 14.7. The molecule has 1 aliphatic heterocycles. The van der Waals surface area contributed by atoms with Gasteiger partial charge in [-0.2, -0.15) is 0 Å². The molecule has 0 unspecified atom stereocenters. The van der Waals surface area contributed by atoms with Gasteiger partial charge in [0.15, 0.2) is 0 Å². The third-order valence-corrected chi connectivity index (χ3v) is 4.50.